The molecule has 114 valence electrons. The molecule has 2 aliphatic carbocycles. The summed E-state index contributed by atoms with van der Waals surface area (Å²) >= 11 is 0. The van der Waals surface area contributed by atoms with Gasteiger partial charge in [-0.3, -0.25) is 0 Å². The Morgan fingerprint density at radius 3 is 1.27 bits per heavy atom. The Labute approximate surface area is 135 Å². The lowest BCUT2D eigenvalue weighted by Crippen LogP contribution is -2.24. The zero-order valence-electron chi connectivity index (χ0n) is 13.4. The Kier molecular flexibility index (Phi) is 4.20. The molecule has 0 heterocycles. The average Bonchev–Trinajstić information content (AvgIpc) is 3.19. The Hall–Kier alpha value is -1.82. The van der Waals surface area contributed by atoms with Gasteiger partial charge in [-0.1, -0.05) is 60.7 Å². The number of rotatable bonds is 6. The highest BCUT2D eigenvalue weighted by atomic mass is 14.4. The van der Waals surface area contributed by atoms with E-state index in [0.29, 0.717) is 0 Å². The molecule has 22 heavy (non-hydrogen) atoms. The van der Waals surface area contributed by atoms with Gasteiger partial charge in [0, 0.05) is 10.8 Å². The Morgan fingerprint density at radius 2 is 1.00 bits per heavy atom. The molecule has 0 saturated heterocycles. The van der Waals surface area contributed by atoms with Gasteiger partial charge in [0.05, 0.1) is 0 Å². The van der Waals surface area contributed by atoms with Crippen molar-refractivity contribution in [2.45, 2.75) is 49.4 Å². The molecular formula is C22H26. The fraction of sp³-hybridized carbons (Fsp3) is 0.364. The summed E-state index contributed by atoms with van der Waals surface area (Å²) in [5, 5.41) is 0. The zero-order chi connectivity index (χ0) is 15.5. The Bertz CT molecular complexity index is 526. The molecule has 0 saturated carbocycles. The maximum absolute atomic E-state index is 3.96. The highest BCUT2D eigenvalue weighted by molar-refractivity contribution is 5.38. The van der Waals surface area contributed by atoms with E-state index in [4.69, 9.17) is 0 Å². The summed E-state index contributed by atoms with van der Waals surface area (Å²) < 4.78 is 0. The molecule has 0 atom stereocenters. The van der Waals surface area contributed by atoms with Crippen molar-refractivity contribution >= 4 is 0 Å². The molecule has 0 fully saturated rings. The summed E-state index contributed by atoms with van der Waals surface area (Å²) in [7, 11) is 0. The van der Waals surface area contributed by atoms with Crippen LogP contribution in [0.1, 0.15) is 49.7 Å². The van der Waals surface area contributed by atoms with E-state index in [2.05, 4.69) is 73.9 Å². The molecule has 0 aromatic heterocycles. The Balaban J connectivity index is 1.89. The van der Waals surface area contributed by atoms with Gasteiger partial charge >= 0.3 is 0 Å². The van der Waals surface area contributed by atoms with E-state index in [1.54, 1.807) is 0 Å². The molecule has 1 aromatic carbocycles. The number of allylic oxidation sites excluding steroid dienone is 6. The van der Waals surface area contributed by atoms with Crippen molar-refractivity contribution in [2.75, 3.05) is 0 Å². The minimum absolute atomic E-state index is 0.250. The van der Waals surface area contributed by atoms with Crippen LogP contribution < -0.4 is 0 Å². The first-order chi connectivity index (χ1) is 10.7. The van der Waals surface area contributed by atoms with Crippen LogP contribution in [0.25, 0.3) is 0 Å². The van der Waals surface area contributed by atoms with Crippen LogP contribution in [-0.4, -0.2) is 0 Å². The Morgan fingerprint density at radius 1 is 0.682 bits per heavy atom. The lowest BCUT2D eigenvalue weighted by Gasteiger charge is -2.32. The van der Waals surface area contributed by atoms with Crippen molar-refractivity contribution < 1.29 is 0 Å². The van der Waals surface area contributed by atoms with Gasteiger partial charge in [0.25, 0.3) is 0 Å². The van der Waals surface area contributed by atoms with Crippen LogP contribution >= 0.6 is 0 Å². The normalized spacial score (nSPS) is 21.1. The molecule has 0 radical (unpaired) electrons. The fourth-order valence-corrected chi connectivity index (χ4v) is 4.17. The van der Waals surface area contributed by atoms with Crippen LogP contribution in [0.3, 0.4) is 0 Å². The maximum atomic E-state index is 3.96. The van der Waals surface area contributed by atoms with Crippen molar-refractivity contribution in [2.24, 2.45) is 0 Å². The highest BCUT2D eigenvalue weighted by Crippen LogP contribution is 2.44. The SMILES string of the molecule is C=CCC1(c2ccc(C3(CC=C)CC=CC3)cc2)CC=CC1. The third-order valence-electron chi connectivity index (χ3n) is 5.55. The van der Waals surface area contributed by atoms with Crippen molar-refractivity contribution in [1.29, 1.82) is 0 Å². The zero-order valence-corrected chi connectivity index (χ0v) is 13.4. The van der Waals surface area contributed by atoms with E-state index in [-0.39, 0.29) is 10.8 Å². The molecule has 0 nitrogen and oxygen atoms in total. The molecular weight excluding hydrogens is 264 g/mol. The molecule has 0 spiro atoms. The number of hydrogen-bond acceptors (Lipinski definition) is 0. The summed E-state index contributed by atoms with van der Waals surface area (Å²) in [5.41, 5.74) is 3.42. The number of hydrogen-bond donors (Lipinski definition) is 0. The average molecular weight is 290 g/mol. The van der Waals surface area contributed by atoms with Gasteiger partial charge in [-0.05, 0) is 49.7 Å². The predicted octanol–water partition coefficient (Wildman–Crippen LogP) is 6.01. The molecule has 0 amide bonds. The smallest absolute Gasteiger partial charge is 0.00562 e. The minimum atomic E-state index is 0.250. The molecule has 0 unspecified atom stereocenters. The molecule has 1 aromatic rings. The van der Waals surface area contributed by atoms with Crippen LogP contribution in [0.15, 0.2) is 73.9 Å². The van der Waals surface area contributed by atoms with E-state index < -0.39 is 0 Å². The topological polar surface area (TPSA) is 0 Å². The first-order valence-corrected chi connectivity index (χ1v) is 8.38. The molecule has 2 aliphatic rings. The van der Waals surface area contributed by atoms with Gasteiger partial charge in [-0.25, -0.2) is 0 Å². The second kappa shape index (κ2) is 6.12. The van der Waals surface area contributed by atoms with Crippen molar-refractivity contribution in [3.63, 3.8) is 0 Å². The van der Waals surface area contributed by atoms with Crippen LogP contribution in [0.5, 0.6) is 0 Å². The second-order valence-corrected chi connectivity index (χ2v) is 6.88. The van der Waals surface area contributed by atoms with Gasteiger partial charge in [0.1, 0.15) is 0 Å². The lowest BCUT2D eigenvalue weighted by molar-refractivity contribution is 0.455. The van der Waals surface area contributed by atoms with Crippen molar-refractivity contribution in [3.05, 3.63) is 85.0 Å². The van der Waals surface area contributed by atoms with Gasteiger partial charge in [0.2, 0.25) is 0 Å². The van der Waals surface area contributed by atoms with E-state index in [0.717, 1.165) is 38.5 Å². The van der Waals surface area contributed by atoms with E-state index in [9.17, 15) is 0 Å². The summed E-state index contributed by atoms with van der Waals surface area (Å²) in [6.07, 6.45) is 20.1. The third kappa shape index (κ3) is 2.52. The number of benzene rings is 1. The molecule has 0 bridgehead atoms. The highest BCUT2D eigenvalue weighted by Gasteiger charge is 2.34. The maximum Gasteiger partial charge on any atom is 0.00562 e. The van der Waals surface area contributed by atoms with Crippen molar-refractivity contribution in [1.82, 2.24) is 0 Å². The predicted molar refractivity (Wildman–Crippen MR) is 96.2 cm³/mol. The second-order valence-electron chi connectivity index (χ2n) is 6.88. The van der Waals surface area contributed by atoms with Crippen molar-refractivity contribution in [3.8, 4) is 0 Å². The van der Waals surface area contributed by atoms with Gasteiger partial charge < -0.3 is 0 Å². The summed E-state index contributed by atoms with van der Waals surface area (Å²) in [6.45, 7) is 7.93. The quantitative estimate of drug-likeness (QED) is 0.562. The first kappa shape index (κ1) is 15.1. The lowest BCUT2D eigenvalue weighted by atomic mass is 9.72. The third-order valence-corrected chi connectivity index (χ3v) is 5.55. The first-order valence-electron chi connectivity index (χ1n) is 8.38. The van der Waals surface area contributed by atoms with Gasteiger partial charge in [-0.15, -0.1) is 13.2 Å². The van der Waals surface area contributed by atoms with Gasteiger partial charge in [0.15, 0.2) is 0 Å². The molecule has 0 N–H and O–H groups in total. The van der Waals surface area contributed by atoms with Crippen LogP contribution in [0, 0.1) is 0 Å². The van der Waals surface area contributed by atoms with E-state index in [1.165, 1.54) is 11.1 Å². The minimum Gasteiger partial charge on any atom is -0.103 e. The monoisotopic (exact) mass is 290 g/mol. The van der Waals surface area contributed by atoms with Gasteiger partial charge in [-0.2, -0.15) is 0 Å². The van der Waals surface area contributed by atoms with Crippen LogP contribution in [-0.2, 0) is 10.8 Å². The standard InChI is InChI=1S/C22H26/c1-3-13-21(15-5-6-16-21)19-9-11-20(12-10-19)22(14-4-2)17-7-8-18-22/h3-12H,1-2,13-18H2. The van der Waals surface area contributed by atoms with E-state index >= 15 is 0 Å². The van der Waals surface area contributed by atoms with Crippen LogP contribution in [0.2, 0.25) is 0 Å². The van der Waals surface area contributed by atoms with Crippen LogP contribution in [0.4, 0.5) is 0 Å². The molecule has 3 rings (SSSR count). The van der Waals surface area contributed by atoms with E-state index in [1.807, 2.05) is 0 Å². The summed E-state index contributed by atoms with van der Waals surface area (Å²) in [5.74, 6) is 0. The summed E-state index contributed by atoms with van der Waals surface area (Å²) in [6, 6.07) is 9.42. The largest absolute Gasteiger partial charge is 0.103 e. The molecule has 0 aliphatic heterocycles. The fourth-order valence-electron chi connectivity index (χ4n) is 4.17. The summed E-state index contributed by atoms with van der Waals surface area (Å²) in [4.78, 5) is 0. The molecule has 0 heteroatoms.